The van der Waals surface area contributed by atoms with Crippen molar-refractivity contribution < 1.29 is 0 Å². The number of terminal acetylenes is 1. The minimum Gasteiger partial charge on any atom is -0.369 e. The molecule has 5 rings (SSSR count). The summed E-state index contributed by atoms with van der Waals surface area (Å²) in [6.07, 6.45) is 16.1. The van der Waals surface area contributed by atoms with E-state index in [0.29, 0.717) is 18.4 Å². The Kier molecular flexibility index (Phi) is 18.3. The Morgan fingerprint density at radius 1 is 0.841 bits per heavy atom. The van der Waals surface area contributed by atoms with Crippen molar-refractivity contribution in [3.05, 3.63) is 118 Å². The van der Waals surface area contributed by atoms with E-state index in [-0.39, 0.29) is 24.8 Å². The molecule has 14 heteroatoms. The number of hydrogen-bond acceptors (Lipinski definition) is 7. The highest BCUT2D eigenvalue weighted by molar-refractivity contribution is 5.85. The van der Waals surface area contributed by atoms with Crippen molar-refractivity contribution in [1.29, 1.82) is 0 Å². The van der Waals surface area contributed by atoms with Gasteiger partial charge in [-0.25, -0.2) is 14.6 Å². The van der Waals surface area contributed by atoms with Crippen molar-refractivity contribution in [3.8, 4) is 12.3 Å². The summed E-state index contributed by atoms with van der Waals surface area (Å²) in [6.45, 7) is 1.20. The number of H-pyrrole nitrogens is 2. The summed E-state index contributed by atoms with van der Waals surface area (Å²) >= 11 is 0. The van der Waals surface area contributed by atoms with Crippen LogP contribution in [-0.4, -0.2) is 34.9 Å². The van der Waals surface area contributed by atoms with Crippen molar-refractivity contribution in [1.82, 2.24) is 34.9 Å². The van der Waals surface area contributed by atoms with Gasteiger partial charge in [-0.05, 0) is 48.8 Å². The molecule has 3 aromatic heterocycles. The van der Waals surface area contributed by atoms with Gasteiger partial charge in [-0.2, -0.15) is 0 Å². The fraction of sp³-hybridized carbons (Fsp3) is 0.267. The first kappa shape index (κ1) is 37.1. The normalized spacial score (nSPS) is 9.43. The molecular weight excluding hydrogens is 599 g/mol. The van der Waals surface area contributed by atoms with E-state index in [9.17, 15) is 0 Å². The van der Waals surface area contributed by atoms with Crippen LogP contribution in [0.5, 0.6) is 0 Å². The van der Waals surface area contributed by atoms with Crippen LogP contribution in [0.2, 0.25) is 0 Å². The average molecular weight is 638 g/mol. The Morgan fingerprint density at radius 2 is 1.41 bits per heavy atom. The minimum absolute atomic E-state index is 0. The highest BCUT2D eigenvalue weighted by Gasteiger charge is 2.03. The van der Waals surface area contributed by atoms with Crippen LogP contribution < -0.4 is 11.5 Å². The van der Waals surface area contributed by atoms with Crippen LogP contribution in [0.4, 0.5) is 11.9 Å². The second-order valence-corrected chi connectivity index (χ2v) is 9.27. The fourth-order valence-electron chi connectivity index (χ4n) is 3.85. The molecule has 0 saturated carbocycles. The van der Waals surface area contributed by atoms with E-state index in [1.54, 1.807) is 12.4 Å². The lowest BCUT2D eigenvalue weighted by molar-refractivity contribution is 0.649. The maximum Gasteiger partial charge on any atom is 0.197 e. The Hall–Kier alpha value is -4.95. The van der Waals surface area contributed by atoms with Crippen LogP contribution in [0, 0.1) is 12.3 Å². The monoisotopic (exact) mass is 636 g/mol. The third kappa shape index (κ3) is 14.8. The molecule has 0 fully saturated rings. The molecule has 0 bridgehead atoms. The molecule has 5 aromatic rings. The molecule has 0 aliphatic carbocycles. The number of imidazole rings is 2. The maximum atomic E-state index is 7.99. The molecule has 0 amide bonds. The summed E-state index contributed by atoms with van der Waals surface area (Å²) in [5.41, 5.74) is 24.3. The van der Waals surface area contributed by atoms with E-state index in [4.69, 9.17) is 23.4 Å². The summed E-state index contributed by atoms with van der Waals surface area (Å²) in [4.78, 5) is 16.5. The standard InChI is InChI=1S/C15H18N6.C8H11N3.C7H7N3.2ClH/c16-15-17-9-13(18-15)7-4-8-14-11-21(20-19-14)10-12-5-2-1-3-6-12;1-2-3-4-5-7-6-10-8(9)11-7;8-10-9-6-7-4-2-1-3-5-7;;/h1-3,5-6,9,11H,4,7-8,10H2,(H3,16,17,18);1,6H,3-5H2,(H3,9,10,11);1-5H,6H2;2*1H. The SMILES string of the molecule is C#CCCCc1cnc(N)[nH]1.Cl.Cl.Nc1ncc(CCCc2cn(Cc3ccccc3)nn2)[nH]1.[N-]=[N+]=NCc1ccccc1. The van der Waals surface area contributed by atoms with Gasteiger partial charge < -0.3 is 21.4 Å². The Bertz CT molecular complexity index is 1530. The molecule has 0 spiro atoms. The quantitative estimate of drug-likeness (QED) is 0.0445. The van der Waals surface area contributed by atoms with Crippen molar-refractivity contribution >= 4 is 36.7 Å². The second-order valence-electron chi connectivity index (χ2n) is 9.27. The molecule has 12 nitrogen and oxygen atoms in total. The van der Waals surface area contributed by atoms with E-state index < -0.39 is 0 Å². The highest BCUT2D eigenvalue weighted by atomic mass is 35.5. The van der Waals surface area contributed by atoms with E-state index >= 15 is 0 Å². The van der Waals surface area contributed by atoms with Gasteiger partial charge in [-0.1, -0.05) is 71.0 Å². The molecule has 0 radical (unpaired) electrons. The van der Waals surface area contributed by atoms with Crippen LogP contribution in [0.15, 0.2) is 84.4 Å². The number of unbranched alkanes of at least 4 members (excludes halogenated alkanes) is 1. The van der Waals surface area contributed by atoms with Crippen LogP contribution in [0.1, 0.15) is 47.5 Å². The number of nitrogen functional groups attached to an aromatic ring is 2. The van der Waals surface area contributed by atoms with Crippen molar-refractivity contribution in [3.63, 3.8) is 0 Å². The molecule has 0 saturated heterocycles. The third-order valence-electron chi connectivity index (χ3n) is 5.88. The van der Waals surface area contributed by atoms with Crippen molar-refractivity contribution in [2.45, 2.75) is 51.6 Å². The van der Waals surface area contributed by atoms with Crippen LogP contribution in [-0.2, 0) is 32.4 Å². The molecule has 0 aliphatic rings. The summed E-state index contributed by atoms with van der Waals surface area (Å²) < 4.78 is 1.87. The van der Waals surface area contributed by atoms with Crippen LogP contribution in [0.3, 0.4) is 0 Å². The zero-order valence-electron chi connectivity index (χ0n) is 24.3. The third-order valence-corrected chi connectivity index (χ3v) is 5.88. The molecule has 0 aliphatic heterocycles. The van der Waals surface area contributed by atoms with E-state index in [0.717, 1.165) is 67.7 Å². The highest BCUT2D eigenvalue weighted by Crippen LogP contribution is 2.07. The first-order valence-corrected chi connectivity index (χ1v) is 13.6. The number of rotatable bonds is 11. The first-order chi connectivity index (χ1) is 20.6. The maximum absolute atomic E-state index is 7.99. The number of nitrogens with one attached hydrogen (secondary N) is 2. The number of azide groups is 1. The van der Waals surface area contributed by atoms with Gasteiger partial charge in [0.2, 0.25) is 0 Å². The van der Waals surface area contributed by atoms with E-state index in [2.05, 4.69) is 58.3 Å². The number of benzene rings is 2. The fourth-order valence-corrected chi connectivity index (χ4v) is 3.85. The van der Waals surface area contributed by atoms with E-state index in [1.165, 1.54) is 5.56 Å². The summed E-state index contributed by atoms with van der Waals surface area (Å²) in [5.74, 6) is 3.52. The molecule has 0 unspecified atom stereocenters. The molecular formula is C30H38Cl2N12. The Labute approximate surface area is 269 Å². The summed E-state index contributed by atoms with van der Waals surface area (Å²) in [7, 11) is 0. The number of halogens is 2. The topological polar surface area (TPSA) is 189 Å². The Morgan fingerprint density at radius 3 is 1.93 bits per heavy atom. The first-order valence-electron chi connectivity index (χ1n) is 13.6. The van der Waals surface area contributed by atoms with Crippen molar-refractivity contribution in [2.24, 2.45) is 5.11 Å². The molecule has 2 aromatic carbocycles. The molecule has 3 heterocycles. The van der Waals surface area contributed by atoms with Gasteiger partial charge in [-0.15, -0.1) is 42.3 Å². The zero-order chi connectivity index (χ0) is 29.8. The predicted octanol–water partition coefficient (Wildman–Crippen LogP) is 6.10. The molecule has 6 N–H and O–H groups in total. The van der Waals surface area contributed by atoms with Gasteiger partial charge >= 0.3 is 0 Å². The van der Waals surface area contributed by atoms with Crippen molar-refractivity contribution in [2.75, 3.05) is 11.5 Å². The van der Waals surface area contributed by atoms with Crippen LogP contribution >= 0.6 is 24.8 Å². The predicted molar refractivity (Wildman–Crippen MR) is 179 cm³/mol. The number of aromatic amines is 2. The smallest absolute Gasteiger partial charge is 0.197 e. The molecule has 44 heavy (non-hydrogen) atoms. The number of nitrogens with two attached hydrogens (primary N) is 2. The van der Waals surface area contributed by atoms with E-state index in [1.807, 2.05) is 59.4 Å². The minimum atomic E-state index is 0. The van der Waals surface area contributed by atoms with Gasteiger partial charge in [0, 0.05) is 28.9 Å². The number of hydrogen-bond donors (Lipinski definition) is 4. The summed E-state index contributed by atoms with van der Waals surface area (Å²) in [5, 5.41) is 11.8. The van der Waals surface area contributed by atoms with Gasteiger partial charge in [0.15, 0.2) is 11.9 Å². The number of nitrogens with zero attached hydrogens (tertiary/aromatic N) is 8. The van der Waals surface area contributed by atoms with Gasteiger partial charge in [0.1, 0.15) is 0 Å². The number of aryl methyl sites for hydroxylation is 3. The lowest BCUT2D eigenvalue weighted by Crippen LogP contribution is -1.99. The number of aromatic nitrogens is 7. The largest absolute Gasteiger partial charge is 0.369 e. The number of anilines is 2. The zero-order valence-corrected chi connectivity index (χ0v) is 25.9. The second kappa shape index (κ2) is 21.7. The lowest BCUT2D eigenvalue weighted by atomic mass is 10.2. The summed E-state index contributed by atoms with van der Waals surface area (Å²) in [6, 6.07) is 19.9. The lowest BCUT2D eigenvalue weighted by Gasteiger charge is -1.99. The molecule has 232 valence electrons. The van der Waals surface area contributed by atoms with Gasteiger partial charge in [0.25, 0.3) is 0 Å². The Balaban J connectivity index is 0.000000358. The molecule has 0 atom stereocenters. The van der Waals surface area contributed by atoms with Gasteiger partial charge in [-0.3, -0.25) is 0 Å². The van der Waals surface area contributed by atoms with Crippen LogP contribution in [0.25, 0.3) is 10.4 Å². The average Bonchev–Trinajstić information content (AvgIpc) is 3.75. The van der Waals surface area contributed by atoms with Gasteiger partial charge in [0.05, 0.1) is 31.2 Å².